The van der Waals surface area contributed by atoms with Gasteiger partial charge in [-0.15, -0.1) is 0 Å². The normalized spacial score (nSPS) is 13.1. The Morgan fingerprint density at radius 2 is 1.86 bits per heavy atom. The molecule has 1 aliphatic rings. The first-order chi connectivity index (χ1) is 13.5. The number of halogens is 1. The fraction of sp³-hybridized carbons (Fsp3) is 0.182. The number of carbonyl (C=O) groups is 2. The predicted octanol–water partition coefficient (Wildman–Crippen LogP) is 5.54. The number of amides is 1. The van der Waals surface area contributed by atoms with Gasteiger partial charge < -0.3 is 15.0 Å². The molecule has 1 aliphatic carbocycles. The van der Waals surface area contributed by atoms with Crippen molar-refractivity contribution >= 4 is 29.0 Å². The van der Waals surface area contributed by atoms with E-state index in [1.54, 1.807) is 36.4 Å². The molecule has 142 valence electrons. The van der Waals surface area contributed by atoms with Crippen molar-refractivity contribution in [1.82, 2.24) is 4.98 Å². The molecule has 0 saturated heterocycles. The van der Waals surface area contributed by atoms with Crippen molar-refractivity contribution < 1.29 is 14.3 Å². The van der Waals surface area contributed by atoms with Gasteiger partial charge in [-0.3, -0.25) is 9.59 Å². The minimum Gasteiger partial charge on any atom is -0.456 e. The maximum atomic E-state index is 12.7. The maximum Gasteiger partial charge on any atom is 0.272 e. The van der Waals surface area contributed by atoms with Crippen molar-refractivity contribution in [3.63, 3.8) is 0 Å². The summed E-state index contributed by atoms with van der Waals surface area (Å²) < 4.78 is 5.75. The van der Waals surface area contributed by atoms with Crippen LogP contribution in [0.3, 0.4) is 0 Å². The van der Waals surface area contributed by atoms with E-state index >= 15 is 0 Å². The topological polar surface area (TPSA) is 71.2 Å². The van der Waals surface area contributed by atoms with Crippen molar-refractivity contribution in [2.45, 2.75) is 26.2 Å². The zero-order valence-corrected chi connectivity index (χ0v) is 16.1. The number of aromatic amines is 1. The van der Waals surface area contributed by atoms with Crippen LogP contribution in [-0.2, 0) is 6.42 Å². The molecule has 2 N–H and O–H groups in total. The Bertz CT molecular complexity index is 1050. The number of hydrogen-bond acceptors (Lipinski definition) is 3. The van der Waals surface area contributed by atoms with E-state index in [1.165, 1.54) is 0 Å². The van der Waals surface area contributed by atoms with Gasteiger partial charge in [0.2, 0.25) is 0 Å². The number of nitrogens with one attached hydrogen (secondary N) is 2. The molecule has 0 atom stereocenters. The summed E-state index contributed by atoms with van der Waals surface area (Å²) in [5.41, 5.74) is 3.34. The van der Waals surface area contributed by atoms with Gasteiger partial charge in [0.05, 0.1) is 5.02 Å². The number of rotatable bonds is 4. The van der Waals surface area contributed by atoms with Crippen molar-refractivity contribution in [2.75, 3.05) is 5.32 Å². The summed E-state index contributed by atoms with van der Waals surface area (Å²) in [6, 6.07) is 14.3. The van der Waals surface area contributed by atoms with E-state index in [-0.39, 0.29) is 11.7 Å². The highest BCUT2D eigenvalue weighted by Crippen LogP contribution is 2.30. The van der Waals surface area contributed by atoms with E-state index in [0.29, 0.717) is 39.9 Å². The number of para-hydroxylation sites is 1. The largest absolute Gasteiger partial charge is 0.456 e. The summed E-state index contributed by atoms with van der Waals surface area (Å²) in [5.74, 6) is 1.02. The quantitative estimate of drug-likeness (QED) is 0.610. The number of ketones is 1. The Morgan fingerprint density at radius 3 is 2.57 bits per heavy atom. The number of H-pyrrole nitrogens is 1. The van der Waals surface area contributed by atoms with Gasteiger partial charge in [0.25, 0.3) is 5.91 Å². The van der Waals surface area contributed by atoms with Crippen molar-refractivity contribution in [3.8, 4) is 11.5 Å². The summed E-state index contributed by atoms with van der Waals surface area (Å²) in [7, 11) is 0. The number of anilines is 1. The number of benzene rings is 2. The molecule has 0 fully saturated rings. The molecule has 6 heteroatoms. The Labute approximate surface area is 167 Å². The number of hydrogen-bond donors (Lipinski definition) is 2. The standard InChI is InChI=1S/C22H19ClN2O3/c1-13-20-17(6-4-7-18(20)26)25-21(13)22(27)24-14-9-11-15(12-10-14)28-19-8-3-2-5-16(19)23/h2-3,5,8-12,25H,4,6-7H2,1H3,(H,24,27). The summed E-state index contributed by atoms with van der Waals surface area (Å²) in [4.78, 5) is 27.9. The van der Waals surface area contributed by atoms with Crippen LogP contribution in [0.1, 0.15) is 44.9 Å². The molecule has 0 spiro atoms. The fourth-order valence-electron chi connectivity index (χ4n) is 3.46. The lowest BCUT2D eigenvalue weighted by atomic mass is 9.94. The van der Waals surface area contributed by atoms with Crippen LogP contribution < -0.4 is 10.1 Å². The molecule has 1 heterocycles. The van der Waals surface area contributed by atoms with Crippen LogP contribution in [0.25, 0.3) is 0 Å². The lowest BCUT2D eigenvalue weighted by Crippen LogP contribution is -2.13. The number of Topliss-reactive ketones (excluding diaryl/α,β-unsaturated/α-hetero) is 1. The number of carbonyl (C=O) groups excluding carboxylic acids is 2. The van der Waals surface area contributed by atoms with Crippen LogP contribution in [-0.4, -0.2) is 16.7 Å². The fourth-order valence-corrected chi connectivity index (χ4v) is 3.63. The number of ether oxygens (including phenoxy) is 1. The van der Waals surface area contributed by atoms with Crippen LogP contribution in [0, 0.1) is 6.92 Å². The molecule has 0 radical (unpaired) electrons. The molecular formula is C22H19ClN2O3. The highest BCUT2D eigenvalue weighted by atomic mass is 35.5. The highest BCUT2D eigenvalue weighted by Gasteiger charge is 2.26. The van der Waals surface area contributed by atoms with Crippen molar-refractivity contribution in [1.29, 1.82) is 0 Å². The monoisotopic (exact) mass is 394 g/mol. The average Bonchev–Trinajstić information content (AvgIpc) is 3.03. The third-order valence-corrected chi connectivity index (χ3v) is 5.15. The van der Waals surface area contributed by atoms with Gasteiger partial charge in [0.15, 0.2) is 5.78 Å². The molecule has 2 aromatic carbocycles. The van der Waals surface area contributed by atoms with E-state index < -0.39 is 0 Å². The first-order valence-electron chi connectivity index (χ1n) is 9.11. The highest BCUT2D eigenvalue weighted by molar-refractivity contribution is 6.32. The lowest BCUT2D eigenvalue weighted by Gasteiger charge is -2.09. The van der Waals surface area contributed by atoms with Crippen LogP contribution in [0.2, 0.25) is 5.02 Å². The zero-order valence-electron chi connectivity index (χ0n) is 15.3. The summed E-state index contributed by atoms with van der Waals surface area (Å²) in [6.07, 6.45) is 2.16. The molecule has 5 nitrogen and oxygen atoms in total. The molecule has 0 saturated carbocycles. The Hall–Kier alpha value is -3.05. The Morgan fingerprint density at radius 1 is 1.11 bits per heavy atom. The summed E-state index contributed by atoms with van der Waals surface area (Å²) in [6.45, 7) is 1.81. The first-order valence-corrected chi connectivity index (χ1v) is 9.49. The van der Waals surface area contributed by atoms with Crippen molar-refractivity contribution in [3.05, 3.63) is 76.1 Å². The second kappa shape index (κ2) is 7.52. The van der Waals surface area contributed by atoms with Crippen LogP contribution in [0.5, 0.6) is 11.5 Å². The van der Waals surface area contributed by atoms with E-state index in [1.807, 2.05) is 19.1 Å². The Balaban J connectivity index is 1.48. The van der Waals surface area contributed by atoms with Gasteiger partial charge in [-0.2, -0.15) is 0 Å². The van der Waals surface area contributed by atoms with E-state index in [4.69, 9.17) is 16.3 Å². The zero-order chi connectivity index (χ0) is 19.7. The minimum absolute atomic E-state index is 0.107. The van der Waals surface area contributed by atoms with Gasteiger partial charge in [0.1, 0.15) is 17.2 Å². The van der Waals surface area contributed by atoms with Gasteiger partial charge in [-0.05, 0) is 61.7 Å². The third-order valence-electron chi connectivity index (χ3n) is 4.84. The summed E-state index contributed by atoms with van der Waals surface area (Å²) >= 11 is 6.10. The molecular weight excluding hydrogens is 376 g/mol. The molecule has 0 aliphatic heterocycles. The second-order valence-corrected chi connectivity index (χ2v) is 7.17. The molecule has 0 bridgehead atoms. The molecule has 0 unspecified atom stereocenters. The number of aryl methyl sites for hydroxylation is 1. The SMILES string of the molecule is Cc1c(C(=O)Nc2ccc(Oc3ccccc3Cl)cc2)[nH]c2c1C(=O)CCC2. The van der Waals surface area contributed by atoms with Gasteiger partial charge in [-0.25, -0.2) is 0 Å². The van der Waals surface area contributed by atoms with Gasteiger partial charge >= 0.3 is 0 Å². The van der Waals surface area contributed by atoms with Crippen molar-refractivity contribution in [2.24, 2.45) is 0 Å². The van der Waals surface area contributed by atoms with Crippen LogP contribution in [0.4, 0.5) is 5.69 Å². The lowest BCUT2D eigenvalue weighted by molar-refractivity contribution is 0.0971. The predicted molar refractivity (Wildman–Crippen MR) is 109 cm³/mol. The maximum absolute atomic E-state index is 12.7. The molecule has 1 aromatic heterocycles. The first kappa shape index (κ1) is 18.3. The average molecular weight is 395 g/mol. The number of fused-ring (bicyclic) bond motifs is 1. The van der Waals surface area contributed by atoms with Crippen LogP contribution >= 0.6 is 11.6 Å². The smallest absolute Gasteiger partial charge is 0.272 e. The Kier molecular flexibility index (Phi) is 4.92. The van der Waals surface area contributed by atoms with E-state index in [9.17, 15) is 9.59 Å². The third kappa shape index (κ3) is 3.53. The number of aromatic nitrogens is 1. The minimum atomic E-state index is -0.264. The molecule has 28 heavy (non-hydrogen) atoms. The van der Waals surface area contributed by atoms with Gasteiger partial charge in [-0.1, -0.05) is 23.7 Å². The van der Waals surface area contributed by atoms with Crippen LogP contribution in [0.15, 0.2) is 48.5 Å². The van der Waals surface area contributed by atoms with E-state index in [0.717, 1.165) is 24.1 Å². The second-order valence-electron chi connectivity index (χ2n) is 6.77. The molecule has 4 rings (SSSR count). The summed E-state index contributed by atoms with van der Waals surface area (Å²) in [5, 5.41) is 3.39. The molecule has 3 aromatic rings. The van der Waals surface area contributed by atoms with E-state index in [2.05, 4.69) is 10.3 Å². The molecule has 1 amide bonds. The van der Waals surface area contributed by atoms with Gasteiger partial charge in [0, 0.05) is 23.4 Å².